The summed E-state index contributed by atoms with van der Waals surface area (Å²) in [6.45, 7) is 0. The van der Waals surface area contributed by atoms with E-state index in [1.54, 1.807) is 12.2 Å². The van der Waals surface area contributed by atoms with E-state index in [0.29, 0.717) is 0 Å². The number of alkyl halides is 1. The first kappa shape index (κ1) is 9.52. The van der Waals surface area contributed by atoms with Gasteiger partial charge in [-0.15, -0.1) is 0 Å². The number of halogens is 1. The minimum atomic E-state index is -0.914. The van der Waals surface area contributed by atoms with Crippen molar-refractivity contribution in [2.24, 2.45) is 11.5 Å². The van der Waals surface area contributed by atoms with E-state index in [9.17, 15) is 0 Å². The second-order valence-electron chi connectivity index (χ2n) is 3.41. The van der Waals surface area contributed by atoms with Crippen LogP contribution in [0.4, 0.5) is 0 Å². The van der Waals surface area contributed by atoms with Gasteiger partial charge in [-0.1, -0.05) is 17.7 Å². The van der Waals surface area contributed by atoms with Crippen molar-refractivity contribution in [3.63, 3.8) is 0 Å². The Hall–Kier alpha value is -1.03. The fraction of sp³-hybridized carbons (Fsp3) is 0.200. The van der Waals surface area contributed by atoms with Gasteiger partial charge in [0.1, 0.15) is 5.00 Å². The standard InChI is InChI=1S/C10H12ClN3/c11-10(13)3-1-9(12)8(5-10)7-2-4-14-6-7/h1-6,9,14H,12-13H2. The highest BCUT2D eigenvalue weighted by Gasteiger charge is 2.23. The summed E-state index contributed by atoms with van der Waals surface area (Å²) < 4.78 is 0. The summed E-state index contributed by atoms with van der Waals surface area (Å²) in [6, 6.07) is 1.80. The molecule has 0 radical (unpaired) electrons. The van der Waals surface area contributed by atoms with Gasteiger partial charge in [-0.25, -0.2) is 0 Å². The average molecular weight is 210 g/mol. The first-order chi connectivity index (χ1) is 6.58. The minimum absolute atomic E-state index is 0.138. The Morgan fingerprint density at radius 1 is 1.50 bits per heavy atom. The summed E-state index contributed by atoms with van der Waals surface area (Å²) in [7, 11) is 0. The number of nitrogens with one attached hydrogen (secondary N) is 1. The van der Waals surface area contributed by atoms with E-state index in [1.165, 1.54) is 0 Å². The van der Waals surface area contributed by atoms with Gasteiger partial charge in [0.15, 0.2) is 0 Å². The maximum absolute atomic E-state index is 6.00. The second kappa shape index (κ2) is 3.28. The molecule has 2 rings (SSSR count). The molecule has 0 saturated carbocycles. The quantitative estimate of drug-likeness (QED) is 0.370. The largest absolute Gasteiger partial charge is 0.367 e. The molecule has 1 aliphatic rings. The lowest BCUT2D eigenvalue weighted by Crippen LogP contribution is -2.34. The van der Waals surface area contributed by atoms with Crippen LogP contribution in [0.1, 0.15) is 5.56 Å². The van der Waals surface area contributed by atoms with Crippen LogP contribution in [0.5, 0.6) is 0 Å². The summed E-state index contributed by atoms with van der Waals surface area (Å²) in [5.41, 5.74) is 13.7. The second-order valence-corrected chi connectivity index (χ2v) is 4.07. The lowest BCUT2D eigenvalue weighted by atomic mass is 9.94. The van der Waals surface area contributed by atoms with Gasteiger partial charge >= 0.3 is 0 Å². The molecule has 3 nitrogen and oxygen atoms in total. The molecule has 1 aromatic heterocycles. The van der Waals surface area contributed by atoms with Gasteiger partial charge in [-0.2, -0.15) is 0 Å². The Balaban J connectivity index is 2.39. The predicted octanol–water partition coefficient (Wildman–Crippen LogP) is 1.19. The van der Waals surface area contributed by atoms with Gasteiger partial charge in [0.05, 0.1) is 0 Å². The third-order valence-corrected chi connectivity index (χ3v) is 2.46. The van der Waals surface area contributed by atoms with Crippen molar-refractivity contribution < 1.29 is 0 Å². The van der Waals surface area contributed by atoms with Crippen LogP contribution in [0.15, 0.2) is 36.7 Å². The van der Waals surface area contributed by atoms with Gasteiger partial charge in [0.2, 0.25) is 0 Å². The van der Waals surface area contributed by atoms with Gasteiger partial charge < -0.3 is 16.5 Å². The molecule has 0 aliphatic heterocycles. The number of H-pyrrole nitrogens is 1. The smallest absolute Gasteiger partial charge is 0.129 e. The molecule has 1 aliphatic carbocycles. The van der Waals surface area contributed by atoms with E-state index in [1.807, 2.05) is 24.5 Å². The Bertz CT molecular complexity index is 376. The fourth-order valence-electron chi connectivity index (χ4n) is 1.52. The molecule has 74 valence electrons. The fourth-order valence-corrected chi connectivity index (χ4v) is 1.71. The van der Waals surface area contributed by atoms with E-state index in [0.717, 1.165) is 11.1 Å². The number of hydrogen-bond acceptors (Lipinski definition) is 2. The molecule has 5 N–H and O–H groups in total. The number of aromatic nitrogens is 1. The predicted molar refractivity (Wildman–Crippen MR) is 58.7 cm³/mol. The van der Waals surface area contributed by atoms with Gasteiger partial charge in [-0.3, -0.25) is 0 Å². The van der Waals surface area contributed by atoms with Crippen molar-refractivity contribution in [2.45, 2.75) is 11.0 Å². The Kier molecular flexibility index (Phi) is 2.23. The van der Waals surface area contributed by atoms with E-state index < -0.39 is 5.00 Å². The lowest BCUT2D eigenvalue weighted by molar-refractivity contribution is 0.877. The zero-order valence-electron chi connectivity index (χ0n) is 7.57. The molecule has 4 heteroatoms. The molecule has 2 unspecified atom stereocenters. The molecule has 14 heavy (non-hydrogen) atoms. The van der Waals surface area contributed by atoms with Crippen LogP contribution < -0.4 is 11.5 Å². The Morgan fingerprint density at radius 2 is 2.29 bits per heavy atom. The summed E-state index contributed by atoms with van der Waals surface area (Å²) in [4.78, 5) is 2.06. The maximum atomic E-state index is 6.00. The average Bonchev–Trinajstić information content (AvgIpc) is 2.62. The summed E-state index contributed by atoms with van der Waals surface area (Å²) in [5.74, 6) is 0. The van der Waals surface area contributed by atoms with Crippen LogP contribution in [0, 0.1) is 0 Å². The third-order valence-electron chi connectivity index (χ3n) is 2.23. The van der Waals surface area contributed by atoms with E-state index in [2.05, 4.69) is 4.98 Å². The lowest BCUT2D eigenvalue weighted by Gasteiger charge is -2.23. The molecular formula is C10H12ClN3. The van der Waals surface area contributed by atoms with E-state index >= 15 is 0 Å². The highest BCUT2D eigenvalue weighted by Crippen LogP contribution is 2.27. The van der Waals surface area contributed by atoms with Crippen LogP contribution in [0.2, 0.25) is 0 Å². The van der Waals surface area contributed by atoms with Gasteiger partial charge in [-0.05, 0) is 29.4 Å². The molecule has 1 heterocycles. The third kappa shape index (κ3) is 1.75. The summed E-state index contributed by atoms with van der Waals surface area (Å²) in [5, 5.41) is 0. The molecule has 0 saturated heterocycles. The molecule has 0 spiro atoms. The van der Waals surface area contributed by atoms with Crippen LogP contribution in [0.25, 0.3) is 5.57 Å². The van der Waals surface area contributed by atoms with Crippen molar-refractivity contribution in [1.29, 1.82) is 0 Å². The van der Waals surface area contributed by atoms with Crippen LogP contribution in [-0.4, -0.2) is 16.0 Å². The maximum Gasteiger partial charge on any atom is 0.129 e. The van der Waals surface area contributed by atoms with Crippen molar-refractivity contribution in [1.82, 2.24) is 4.98 Å². The molecule has 0 bridgehead atoms. The van der Waals surface area contributed by atoms with Crippen molar-refractivity contribution in [2.75, 3.05) is 0 Å². The number of hydrogen-bond donors (Lipinski definition) is 3. The van der Waals surface area contributed by atoms with E-state index in [-0.39, 0.29) is 6.04 Å². The van der Waals surface area contributed by atoms with Crippen LogP contribution in [-0.2, 0) is 0 Å². The topological polar surface area (TPSA) is 67.8 Å². The number of nitrogens with two attached hydrogens (primary N) is 2. The van der Waals surface area contributed by atoms with E-state index in [4.69, 9.17) is 23.1 Å². The molecule has 0 fully saturated rings. The molecule has 1 aromatic rings. The monoisotopic (exact) mass is 209 g/mol. The summed E-state index contributed by atoms with van der Waals surface area (Å²) in [6.07, 6.45) is 9.01. The van der Waals surface area contributed by atoms with Gasteiger partial charge in [0, 0.05) is 18.4 Å². The molecule has 2 atom stereocenters. The van der Waals surface area contributed by atoms with Crippen molar-refractivity contribution in [3.05, 3.63) is 42.3 Å². The summed E-state index contributed by atoms with van der Waals surface area (Å²) >= 11 is 6.00. The van der Waals surface area contributed by atoms with Gasteiger partial charge in [0.25, 0.3) is 0 Å². The highest BCUT2D eigenvalue weighted by molar-refractivity contribution is 6.26. The Labute approximate surface area is 87.4 Å². The van der Waals surface area contributed by atoms with Crippen molar-refractivity contribution in [3.8, 4) is 0 Å². The molecule has 0 aromatic carbocycles. The molecular weight excluding hydrogens is 198 g/mol. The number of rotatable bonds is 1. The first-order valence-corrected chi connectivity index (χ1v) is 4.75. The minimum Gasteiger partial charge on any atom is -0.367 e. The normalized spacial score (nSPS) is 31.6. The van der Waals surface area contributed by atoms with Crippen LogP contribution in [0.3, 0.4) is 0 Å². The first-order valence-electron chi connectivity index (χ1n) is 4.37. The Morgan fingerprint density at radius 3 is 2.93 bits per heavy atom. The zero-order valence-corrected chi connectivity index (χ0v) is 8.33. The molecule has 0 amide bonds. The highest BCUT2D eigenvalue weighted by atomic mass is 35.5. The SMILES string of the molecule is NC1C=CC(N)(Cl)C=C1c1cc[nH]c1. The number of aromatic amines is 1. The zero-order chi connectivity index (χ0) is 10.2. The van der Waals surface area contributed by atoms with Crippen LogP contribution >= 0.6 is 11.6 Å². The van der Waals surface area contributed by atoms with Crippen molar-refractivity contribution >= 4 is 17.2 Å².